The zero-order chi connectivity index (χ0) is 10.7. The molecule has 0 saturated heterocycles. The van der Waals surface area contributed by atoms with Crippen LogP contribution in [0.4, 0.5) is 0 Å². The van der Waals surface area contributed by atoms with Gasteiger partial charge in [0.15, 0.2) is 5.75 Å². The third kappa shape index (κ3) is 2.67. The Labute approximate surface area is 110 Å². The van der Waals surface area contributed by atoms with Gasteiger partial charge in [0.2, 0.25) is 0 Å². The van der Waals surface area contributed by atoms with Crippen molar-refractivity contribution in [2.75, 3.05) is 13.7 Å². The number of ether oxygens (including phenoxy) is 1. The van der Waals surface area contributed by atoms with Gasteiger partial charge in [-0.25, -0.2) is 4.98 Å². The molecule has 0 radical (unpaired) electrons. The lowest BCUT2D eigenvalue weighted by Gasteiger charge is -2.14. The van der Waals surface area contributed by atoms with Crippen molar-refractivity contribution >= 4 is 45.2 Å². The van der Waals surface area contributed by atoms with E-state index in [1.165, 1.54) is 0 Å². The lowest BCUT2D eigenvalue weighted by Crippen LogP contribution is -2.23. The van der Waals surface area contributed by atoms with E-state index in [9.17, 15) is 0 Å². The van der Waals surface area contributed by atoms with E-state index < -0.39 is 0 Å². The molecule has 0 fully saturated rings. The fourth-order valence-corrected chi connectivity index (χ4v) is 3.01. The number of nitrogens with zero attached hydrogens (tertiary/aromatic N) is 1. The predicted octanol–water partition coefficient (Wildman–Crippen LogP) is 1.26. The van der Waals surface area contributed by atoms with Gasteiger partial charge >= 0.3 is 0 Å². The number of aromatic nitrogens is 1. The van der Waals surface area contributed by atoms with Gasteiger partial charge in [0.05, 0.1) is 16.7 Å². The number of nitrogens with two attached hydrogens (primary N) is 2. The number of rotatable bonds is 3. The first-order valence-electron chi connectivity index (χ1n) is 3.95. The van der Waals surface area contributed by atoms with E-state index in [1.807, 2.05) is 6.07 Å². The van der Waals surface area contributed by atoms with Crippen LogP contribution in [0.25, 0.3) is 0 Å². The van der Waals surface area contributed by atoms with Crippen LogP contribution in [-0.4, -0.2) is 18.6 Å². The van der Waals surface area contributed by atoms with E-state index in [0.717, 1.165) is 18.7 Å². The van der Waals surface area contributed by atoms with Gasteiger partial charge in [-0.05, 0) is 51.2 Å². The van der Waals surface area contributed by atoms with Crippen molar-refractivity contribution in [1.82, 2.24) is 4.98 Å². The molecule has 0 aromatic carbocycles. The van der Waals surface area contributed by atoms with Crippen molar-refractivity contribution in [2.24, 2.45) is 11.5 Å². The van der Waals surface area contributed by atoms with E-state index in [4.69, 9.17) is 16.2 Å². The van der Waals surface area contributed by atoms with Gasteiger partial charge in [0, 0.05) is 6.54 Å². The molecule has 6 heteroatoms. The summed E-state index contributed by atoms with van der Waals surface area (Å²) >= 11 is 4.34. The molecule has 14 heavy (non-hydrogen) atoms. The Kier molecular flexibility index (Phi) is 4.80. The SMILES string of the molecule is COc1c(I)cc(I)nc1[C@@H](N)CN. The van der Waals surface area contributed by atoms with Crippen LogP contribution in [-0.2, 0) is 0 Å². The van der Waals surface area contributed by atoms with Gasteiger partial charge in [-0.3, -0.25) is 0 Å². The topological polar surface area (TPSA) is 74.2 Å². The Morgan fingerprint density at radius 1 is 1.57 bits per heavy atom. The minimum atomic E-state index is -0.270. The first-order chi connectivity index (χ1) is 6.60. The normalized spacial score (nSPS) is 12.6. The van der Waals surface area contributed by atoms with Crippen molar-refractivity contribution in [1.29, 1.82) is 0 Å². The Morgan fingerprint density at radius 2 is 2.21 bits per heavy atom. The number of hydrogen-bond acceptors (Lipinski definition) is 4. The summed E-state index contributed by atoms with van der Waals surface area (Å²) in [6, 6.07) is 1.67. The van der Waals surface area contributed by atoms with Gasteiger partial charge in [0.25, 0.3) is 0 Å². The fourth-order valence-electron chi connectivity index (χ4n) is 1.06. The number of halogens is 2. The second-order valence-corrected chi connectivity index (χ2v) is 4.95. The van der Waals surface area contributed by atoms with Gasteiger partial charge in [-0.15, -0.1) is 0 Å². The molecule has 0 bridgehead atoms. The maximum atomic E-state index is 5.83. The summed E-state index contributed by atoms with van der Waals surface area (Å²) in [7, 11) is 1.61. The lowest BCUT2D eigenvalue weighted by atomic mass is 10.2. The molecular formula is C8H11I2N3O. The molecule has 1 aromatic heterocycles. The maximum Gasteiger partial charge on any atom is 0.155 e. The zero-order valence-electron chi connectivity index (χ0n) is 7.63. The standard InChI is InChI=1S/C8H11I2N3O/c1-14-8-4(9)2-6(10)13-7(8)5(12)3-11/h2,5H,3,11-12H2,1H3/t5-/m0/s1. The van der Waals surface area contributed by atoms with Crippen LogP contribution in [0.3, 0.4) is 0 Å². The Balaban J connectivity index is 3.24. The molecule has 4 N–H and O–H groups in total. The largest absolute Gasteiger partial charge is 0.494 e. The monoisotopic (exact) mass is 419 g/mol. The number of hydrogen-bond donors (Lipinski definition) is 2. The summed E-state index contributed by atoms with van der Waals surface area (Å²) in [6.07, 6.45) is 0. The Hall–Kier alpha value is 0.330. The molecule has 0 amide bonds. The second kappa shape index (κ2) is 5.42. The average molecular weight is 419 g/mol. The second-order valence-electron chi connectivity index (χ2n) is 2.69. The van der Waals surface area contributed by atoms with Crippen LogP contribution in [0.5, 0.6) is 5.75 Å². The van der Waals surface area contributed by atoms with E-state index in [-0.39, 0.29) is 6.04 Å². The molecule has 0 unspecified atom stereocenters. The summed E-state index contributed by atoms with van der Waals surface area (Å²) < 4.78 is 7.14. The third-order valence-electron chi connectivity index (χ3n) is 1.73. The zero-order valence-corrected chi connectivity index (χ0v) is 11.9. The summed E-state index contributed by atoms with van der Waals surface area (Å²) in [5.41, 5.74) is 12.1. The van der Waals surface area contributed by atoms with Crippen LogP contribution in [0.15, 0.2) is 6.07 Å². The minimum absolute atomic E-state index is 0.270. The summed E-state index contributed by atoms with van der Waals surface area (Å²) in [4.78, 5) is 4.33. The first kappa shape index (κ1) is 12.4. The molecule has 0 aliphatic heterocycles. The van der Waals surface area contributed by atoms with E-state index in [2.05, 4.69) is 50.2 Å². The van der Waals surface area contributed by atoms with Crippen molar-refractivity contribution in [3.8, 4) is 5.75 Å². The smallest absolute Gasteiger partial charge is 0.155 e. The molecule has 78 valence electrons. The van der Waals surface area contributed by atoms with Crippen molar-refractivity contribution < 1.29 is 4.74 Å². The van der Waals surface area contributed by atoms with Crippen molar-refractivity contribution in [3.63, 3.8) is 0 Å². The molecule has 0 aliphatic rings. The lowest BCUT2D eigenvalue weighted by molar-refractivity contribution is 0.399. The predicted molar refractivity (Wildman–Crippen MR) is 72.2 cm³/mol. The van der Waals surface area contributed by atoms with Crippen LogP contribution in [0.2, 0.25) is 0 Å². The average Bonchev–Trinajstić information content (AvgIpc) is 2.15. The summed E-state index contributed by atoms with van der Waals surface area (Å²) in [5, 5.41) is 0. The molecule has 0 aliphatic carbocycles. The van der Waals surface area contributed by atoms with Crippen LogP contribution in [0, 0.1) is 7.27 Å². The van der Waals surface area contributed by atoms with E-state index >= 15 is 0 Å². The molecule has 0 spiro atoms. The van der Waals surface area contributed by atoms with Crippen molar-refractivity contribution in [2.45, 2.75) is 6.04 Å². The highest BCUT2D eigenvalue weighted by Crippen LogP contribution is 2.28. The van der Waals surface area contributed by atoms with Crippen LogP contribution in [0.1, 0.15) is 11.7 Å². The molecule has 4 nitrogen and oxygen atoms in total. The highest BCUT2D eigenvalue weighted by molar-refractivity contribution is 14.1. The van der Waals surface area contributed by atoms with Gasteiger partial charge in [-0.1, -0.05) is 0 Å². The van der Waals surface area contributed by atoms with Gasteiger partial charge in [0.1, 0.15) is 9.39 Å². The molecule has 1 heterocycles. The molecule has 1 atom stereocenters. The quantitative estimate of drug-likeness (QED) is 0.572. The minimum Gasteiger partial charge on any atom is -0.494 e. The van der Waals surface area contributed by atoms with E-state index in [0.29, 0.717) is 6.54 Å². The third-order valence-corrected chi connectivity index (χ3v) is 3.09. The Morgan fingerprint density at radius 3 is 2.71 bits per heavy atom. The number of methoxy groups -OCH3 is 1. The van der Waals surface area contributed by atoms with Gasteiger partial charge in [-0.2, -0.15) is 0 Å². The van der Waals surface area contributed by atoms with Gasteiger partial charge < -0.3 is 16.2 Å². The number of pyridine rings is 1. The van der Waals surface area contributed by atoms with Crippen molar-refractivity contribution in [3.05, 3.63) is 19.0 Å². The summed E-state index contributed by atoms with van der Waals surface area (Å²) in [6.45, 7) is 0.361. The van der Waals surface area contributed by atoms with E-state index in [1.54, 1.807) is 7.11 Å². The fraction of sp³-hybridized carbons (Fsp3) is 0.375. The molecule has 1 rings (SSSR count). The summed E-state index contributed by atoms with van der Waals surface area (Å²) in [5.74, 6) is 0.726. The molecule has 1 aromatic rings. The highest BCUT2D eigenvalue weighted by Gasteiger charge is 2.16. The molecule has 0 saturated carbocycles. The maximum absolute atomic E-state index is 5.83. The van der Waals surface area contributed by atoms with Crippen LogP contribution >= 0.6 is 45.2 Å². The molecular weight excluding hydrogens is 408 g/mol. The highest BCUT2D eigenvalue weighted by atomic mass is 127. The first-order valence-corrected chi connectivity index (χ1v) is 6.11. The van der Waals surface area contributed by atoms with Crippen LogP contribution < -0.4 is 16.2 Å². The Bertz CT molecular complexity index is 333.